The Bertz CT molecular complexity index is 598. The van der Waals surface area contributed by atoms with Gasteiger partial charge < -0.3 is 0 Å². The van der Waals surface area contributed by atoms with Crippen LogP contribution in [-0.4, -0.2) is 16.8 Å². The molecule has 1 aromatic heterocycles. The van der Waals surface area contributed by atoms with Crippen molar-refractivity contribution in [2.75, 3.05) is 4.90 Å². The van der Waals surface area contributed by atoms with Crippen molar-refractivity contribution in [3.8, 4) is 0 Å². The summed E-state index contributed by atoms with van der Waals surface area (Å²) < 4.78 is 0. The lowest BCUT2D eigenvalue weighted by atomic mass is 9.85. The predicted molar refractivity (Wildman–Crippen MR) is 69.5 cm³/mol. The normalized spacial score (nSPS) is 35.3. The van der Waals surface area contributed by atoms with Crippen LogP contribution in [0.1, 0.15) is 6.42 Å². The maximum Gasteiger partial charge on any atom is 0.239 e. The fourth-order valence-corrected chi connectivity index (χ4v) is 3.80. The number of carbonyl (C=O) groups is 2. The van der Waals surface area contributed by atoms with E-state index in [0.29, 0.717) is 10.8 Å². The number of carbonyl (C=O) groups excluding carboxylic acids is 2. The molecule has 1 saturated carbocycles. The van der Waals surface area contributed by atoms with E-state index in [1.807, 2.05) is 0 Å². The highest BCUT2D eigenvalue weighted by atomic mass is 35.5. The SMILES string of the molecule is O=C1[C@@H]2[C@@H](C(=O)N1c1cc(Cl)ccn1)[C@H]1C=C[C@@H]2C1. The number of fused-ring (bicyclic) bond motifs is 5. The average molecular weight is 275 g/mol. The third-order valence-corrected chi connectivity index (χ3v) is 4.64. The minimum Gasteiger partial charge on any atom is -0.274 e. The van der Waals surface area contributed by atoms with E-state index in [9.17, 15) is 9.59 Å². The maximum absolute atomic E-state index is 12.5. The summed E-state index contributed by atoms with van der Waals surface area (Å²) in [7, 11) is 0. The van der Waals surface area contributed by atoms with E-state index in [0.717, 1.165) is 6.42 Å². The van der Waals surface area contributed by atoms with E-state index in [1.165, 1.54) is 11.1 Å². The zero-order chi connectivity index (χ0) is 13.1. The molecule has 5 heteroatoms. The number of allylic oxidation sites excluding steroid dienone is 2. The highest BCUT2D eigenvalue weighted by molar-refractivity contribution is 6.31. The molecule has 4 nitrogen and oxygen atoms in total. The number of amides is 2. The van der Waals surface area contributed by atoms with Crippen molar-refractivity contribution in [3.05, 3.63) is 35.5 Å². The second kappa shape index (κ2) is 3.67. The maximum atomic E-state index is 12.5. The molecular weight excluding hydrogens is 264 g/mol. The molecule has 1 saturated heterocycles. The van der Waals surface area contributed by atoms with Crippen molar-refractivity contribution in [2.24, 2.45) is 23.7 Å². The monoisotopic (exact) mass is 274 g/mol. The van der Waals surface area contributed by atoms with E-state index in [2.05, 4.69) is 17.1 Å². The number of aromatic nitrogens is 1. The molecule has 0 spiro atoms. The van der Waals surface area contributed by atoms with Crippen LogP contribution in [0, 0.1) is 23.7 Å². The quantitative estimate of drug-likeness (QED) is 0.582. The van der Waals surface area contributed by atoms with Gasteiger partial charge in [-0.1, -0.05) is 23.8 Å². The number of hydrogen-bond donors (Lipinski definition) is 0. The van der Waals surface area contributed by atoms with E-state index < -0.39 is 0 Å². The molecule has 0 aromatic carbocycles. The van der Waals surface area contributed by atoms with Gasteiger partial charge in [0, 0.05) is 17.3 Å². The summed E-state index contributed by atoms with van der Waals surface area (Å²) in [4.78, 5) is 30.3. The molecule has 0 radical (unpaired) electrons. The summed E-state index contributed by atoms with van der Waals surface area (Å²) >= 11 is 5.91. The molecule has 2 bridgehead atoms. The molecule has 96 valence electrons. The third-order valence-electron chi connectivity index (χ3n) is 4.41. The topological polar surface area (TPSA) is 50.3 Å². The molecular formula is C14H11ClN2O2. The first-order valence-corrected chi connectivity index (χ1v) is 6.72. The van der Waals surface area contributed by atoms with Crippen molar-refractivity contribution in [3.63, 3.8) is 0 Å². The lowest BCUT2D eigenvalue weighted by molar-refractivity contribution is -0.123. The molecule has 2 heterocycles. The van der Waals surface area contributed by atoms with Crippen LogP contribution < -0.4 is 4.90 Å². The number of halogens is 1. The Morgan fingerprint density at radius 1 is 1.16 bits per heavy atom. The van der Waals surface area contributed by atoms with Crippen LogP contribution in [0.15, 0.2) is 30.5 Å². The molecule has 4 rings (SSSR count). The Hall–Kier alpha value is -1.68. The summed E-state index contributed by atoms with van der Waals surface area (Å²) in [6.07, 6.45) is 6.60. The Morgan fingerprint density at radius 2 is 1.79 bits per heavy atom. The van der Waals surface area contributed by atoms with Crippen LogP contribution in [-0.2, 0) is 9.59 Å². The number of anilines is 1. The van der Waals surface area contributed by atoms with Gasteiger partial charge in [0.2, 0.25) is 11.8 Å². The largest absolute Gasteiger partial charge is 0.274 e. The van der Waals surface area contributed by atoms with Gasteiger partial charge in [0.1, 0.15) is 5.82 Å². The van der Waals surface area contributed by atoms with Crippen molar-refractivity contribution in [1.82, 2.24) is 4.98 Å². The Labute approximate surface area is 115 Å². The van der Waals surface area contributed by atoms with Gasteiger partial charge in [-0.2, -0.15) is 0 Å². The van der Waals surface area contributed by atoms with Crippen LogP contribution in [0.5, 0.6) is 0 Å². The first-order chi connectivity index (χ1) is 9.16. The fourth-order valence-electron chi connectivity index (χ4n) is 3.64. The Morgan fingerprint density at radius 3 is 2.37 bits per heavy atom. The average Bonchev–Trinajstić information content (AvgIpc) is 3.04. The highest BCUT2D eigenvalue weighted by Crippen LogP contribution is 2.53. The molecule has 19 heavy (non-hydrogen) atoms. The lowest BCUT2D eigenvalue weighted by Crippen LogP contribution is -2.33. The number of nitrogens with zero attached hydrogens (tertiary/aromatic N) is 2. The standard InChI is InChI=1S/C14H11ClN2O2/c15-9-3-4-16-10(6-9)17-13(18)11-7-1-2-8(5-7)12(11)14(17)19/h1-4,6-8,11-12H,5H2/t7-,8+,11-,12-/m0/s1. The molecule has 0 unspecified atom stereocenters. The summed E-state index contributed by atoms with van der Waals surface area (Å²) in [5.41, 5.74) is 0. The third kappa shape index (κ3) is 1.38. The van der Waals surface area contributed by atoms with Gasteiger partial charge in [-0.25, -0.2) is 9.88 Å². The second-order valence-electron chi connectivity index (χ2n) is 5.34. The Kier molecular flexibility index (Phi) is 2.16. The molecule has 2 aliphatic carbocycles. The van der Waals surface area contributed by atoms with Crippen LogP contribution in [0.4, 0.5) is 5.82 Å². The molecule has 3 aliphatic rings. The highest BCUT2D eigenvalue weighted by Gasteiger charge is 2.59. The van der Waals surface area contributed by atoms with Gasteiger partial charge in [-0.3, -0.25) is 9.59 Å². The van der Waals surface area contributed by atoms with Gasteiger partial charge in [0.15, 0.2) is 0 Å². The minimum atomic E-state index is -0.191. The molecule has 4 atom stereocenters. The number of hydrogen-bond acceptors (Lipinski definition) is 3. The smallest absolute Gasteiger partial charge is 0.239 e. The lowest BCUT2D eigenvalue weighted by Gasteiger charge is -2.16. The van der Waals surface area contributed by atoms with E-state index in [1.54, 1.807) is 12.1 Å². The van der Waals surface area contributed by atoms with E-state index >= 15 is 0 Å². The van der Waals surface area contributed by atoms with Crippen molar-refractivity contribution in [1.29, 1.82) is 0 Å². The second-order valence-corrected chi connectivity index (χ2v) is 5.78. The first-order valence-electron chi connectivity index (χ1n) is 6.34. The molecule has 1 aliphatic heterocycles. The van der Waals surface area contributed by atoms with Crippen LogP contribution in [0.3, 0.4) is 0 Å². The fraction of sp³-hybridized carbons (Fsp3) is 0.357. The minimum absolute atomic E-state index is 0.124. The van der Waals surface area contributed by atoms with E-state index in [-0.39, 0.29) is 35.5 Å². The predicted octanol–water partition coefficient (Wildman–Crippen LogP) is 2.05. The first kappa shape index (κ1) is 11.2. The van der Waals surface area contributed by atoms with Gasteiger partial charge in [-0.05, 0) is 24.3 Å². The zero-order valence-corrected chi connectivity index (χ0v) is 10.7. The molecule has 2 fully saturated rings. The number of rotatable bonds is 1. The number of imide groups is 1. The van der Waals surface area contributed by atoms with Gasteiger partial charge in [-0.15, -0.1) is 0 Å². The molecule has 1 aromatic rings. The van der Waals surface area contributed by atoms with Crippen LogP contribution >= 0.6 is 11.6 Å². The van der Waals surface area contributed by atoms with Crippen molar-refractivity contribution < 1.29 is 9.59 Å². The molecule has 0 N–H and O–H groups in total. The zero-order valence-electron chi connectivity index (χ0n) is 9.99. The van der Waals surface area contributed by atoms with Crippen molar-refractivity contribution in [2.45, 2.75) is 6.42 Å². The van der Waals surface area contributed by atoms with Crippen molar-refractivity contribution >= 4 is 29.2 Å². The number of pyridine rings is 1. The molecule has 2 amide bonds. The van der Waals surface area contributed by atoms with Crippen LogP contribution in [0.2, 0.25) is 5.02 Å². The summed E-state index contributed by atoms with van der Waals surface area (Å²) in [5, 5.41) is 0.476. The summed E-state index contributed by atoms with van der Waals surface area (Å²) in [5.74, 6) is 0.150. The Balaban J connectivity index is 1.77. The van der Waals surface area contributed by atoms with Crippen LogP contribution in [0.25, 0.3) is 0 Å². The van der Waals surface area contributed by atoms with Gasteiger partial charge in [0.05, 0.1) is 11.8 Å². The van der Waals surface area contributed by atoms with Gasteiger partial charge >= 0.3 is 0 Å². The van der Waals surface area contributed by atoms with E-state index in [4.69, 9.17) is 11.6 Å². The van der Waals surface area contributed by atoms with Gasteiger partial charge in [0.25, 0.3) is 0 Å². The summed E-state index contributed by atoms with van der Waals surface area (Å²) in [6.45, 7) is 0. The summed E-state index contributed by atoms with van der Waals surface area (Å²) in [6, 6.07) is 3.19.